The van der Waals surface area contributed by atoms with Crippen LogP contribution in [0.3, 0.4) is 0 Å². The van der Waals surface area contributed by atoms with Crippen LogP contribution in [0, 0.1) is 0 Å². The molecule has 1 heterocycles. The lowest BCUT2D eigenvalue weighted by molar-refractivity contribution is 0.0947. The summed E-state index contributed by atoms with van der Waals surface area (Å²) in [6.07, 6.45) is 0.538. The highest BCUT2D eigenvalue weighted by atomic mass is 16.2. The molecule has 2 aromatic carbocycles. The van der Waals surface area contributed by atoms with E-state index in [9.17, 15) is 14.4 Å². The van der Waals surface area contributed by atoms with Gasteiger partial charge in [0.15, 0.2) is 5.69 Å². The van der Waals surface area contributed by atoms with E-state index < -0.39 is 5.91 Å². The number of nitrogens with two attached hydrogens (primary N) is 1. The second-order valence-electron chi connectivity index (χ2n) is 5.89. The highest BCUT2D eigenvalue weighted by molar-refractivity contribution is 6.04. The second kappa shape index (κ2) is 7.18. The average Bonchev–Trinajstić information content (AvgIpc) is 2.65. The van der Waals surface area contributed by atoms with Gasteiger partial charge in [-0.3, -0.25) is 14.4 Å². The zero-order valence-electron chi connectivity index (χ0n) is 14.2. The summed E-state index contributed by atoms with van der Waals surface area (Å²) in [6, 6.07) is 13.8. The number of aromatic nitrogens is 2. The molecule has 3 rings (SSSR count). The van der Waals surface area contributed by atoms with Crippen LogP contribution in [-0.4, -0.2) is 28.1 Å². The third-order valence-corrected chi connectivity index (χ3v) is 4.08. The molecule has 3 aromatic rings. The van der Waals surface area contributed by atoms with Gasteiger partial charge in [-0.25, -0.2) is 4.68 Å². The summed E-state index contributed by atoms with van der Waals surface area (Å²) in [5.41, 5.74) is 6.54. The van der Waals surface area contributed by atoms with Crippen molar-refractivity contribution in [2.24, 2.45) is 12.8 Å². The first kappa shape index (κ1) is 17.3. The van der Waals surface area contributed by atoms with E-state index in [0.717, 1.165) is 10.2 Å². The molecule has 0 aliphatic carbocycles. The zero-order valence-corrected chi connectivity index (χ0v) is 14.2. The van der Waals surface area contributed by atoms with E-state index in [0.29, 0.717) is 29.3 Å². The maximum absolute atomic E-state index is 12.5. The fourth-order valence-corrected chi connectivity index (χ4v) is 2.75. The normalized spacial score (nSPS) is 10.7. The molecule has 3 N–H and O–H groups in total. The lowest BCUT2D eigenvalue weighted by atomic mass is 10.1. The minimum absolute atomic E-state index is 0.202. The maximum atomic E-state index is 12.5. The van der Waals surface area contributed by atoms with Gasteiger partial charge in [0, 0.05) is 24.5 Å². The molecule has 0 aliphatic heterocycles. The Balaban J connectivity index is 1.76. The SMILES string of the molecule is Cn1nc(C(=O)NCCc2cccc(C(N)=O)c2)c2ccccc2c1=O. The van der Waals surface area contributed by atoms with Crippen LogP contribution in [0.25, 0.3) is 10.8 Å². The Morgan fingerprint density at radius 1 is 1.12 bits per heavy atom. The van der Waals surface area contributed by atoms with E-state index in [-0.39, 0.29) is 17.2 Å². The van der Waals surface area contributed by atoms with Crippen molar-refractivity contribution in [3.05, 3.63) is 75.7 Å². The van der Waals surface area contributed by atoms with E-state index in [4.69, 9.17) is 5.73 Å². The highest BCUT2D eigenvalue weighted by Crippen LogP contribution is 2.13. The molecular formula is C19H18N4O3. The van der Waals surface area contributed by atoms with E-state index in [2.05, 4.69) is 10.4 Å². The molecule has 0 radical (unpaired) electrons. The van der Waals surface area contributed by atoms with Gasteiger partial charge in [-0.2, -0.15) is 5.10 Å². The van der Waals surface area contributed by atoms with Crippen LogP contribution in [0.15, 0.2) is 53.3 Å². The Morgan fingerprint density at radius 3 is 2.58 bits per heavy atom. The van der Waals surface area contributed by atoms with E-state index >= 15 is 0 Å². The first-order valence-electron chi connectivity index (χ1n) is 8.10. The number of hydrogen-bond acceptors (Lipinski definition) is 4. The molecule has 0 spiro atoms. The monoisotopic (exact) mass is 350 g/mol. The first-order chi connectivity index (χ1) is 12.5. The van der Waals surface area contributed by atoms with Crippen LogP contribution >= 0.6 is 0 Å². The molecule has 0 saturated heterocycles. The predicted molar refractivity (Wildman–Crippen MR) is 98.0 cm³/mol. The molecule has 2 amide bonds. The van der Waals surface area contributed by atoms with Crippen LogP contribution in [0.4, 0.5) is 0 Å². The summed E-state index contributed by atoms with van der Waals surface area (Å²) in [7, 11) is 1.51. The summed E-state index contributed by atoms with van der Waals surface area (Å²) in [6.45, 7) is 0.361. The smallest absolute Gasteiger partial charge is 0.274 e. The molecule has 0 aliphatic rings. The fraction of sp³-hybridized carbons (Fsp3) is 0.158. The number of primary amides is 1. The number of nitrogens with one attached hydrogen (secondary N) is 1. The summed E-state index contributed by atoms with van der Waals surface area (Å²) < 4.78 is 1.16. The number of nitrogens with zero attached hydrogens (tertiary/aromatic N) is 2. The Morgan fingerprint density at radius 2 is 1.85 bits per heavy atom. The topological polar surface area (TPSA) is 107 Å². The number of rotatable bonds is 5. The predicted octanol–water partition coefficient (Wildman–Crippen LogP) is 1.00. The Labute approximate surface area is 149 Å². The quantitative estimate of drug-likeness (QED) is 0.716. The summed E-state index contributed by atoms with van der Waals surface area (Å²) in [4.78, 5) is 35.9. The first-order valence-corrected chi connectivity index (χ1v) is 8.10. The molecule has 7 nitrogen and oxygen atoms in total. The van der Waals surface area contributed by atoms with Crippen molar-refractivity contribution in [3.63, 3.8) is 0 Å². The van der Waals surface area contributed by atoms with E-state index in [1.807, 2.05) is 6.07 Å². The van der Waals surface area contributed by atoms with Crippen molar-refractivity contribution >= 4 is 22.6 Å². The molecule has 132 valence electrons. The van der Waals surface area contributed by atoms with Gasteiger partial charge in [-0.1, -0.05) is 30.3 Å². The number of fused-ring (bicyclic) bond motifs is 1. The molecular weight excluding hydrogens is 332 g/mol. The fourth-order valence-electron chi connectivity index (χ4n) is 2.75. The summed E-state index contributed by atoms with van der Waals surface area (Å²) >= 11 is 0. The van der Waals surface area contributed by atoms with Crippen molar-refractivity contribution in [3.8, 4) is 0 Å². The third kappa shape index (κ3) is 3.46. The summed E-state index contributed by atoms with van der Waals surface area (Å²) in [5.74, 6) is -0.848. The lowest BCUT2D eigenvalue weighted by Gasteiger charge is -2.09. The minimum Gasteiger partial charge on any atom is -0.366 e. The van der Waals surface area contributed by atoms with Crippen molar-refractivity contribution in [2.75, 3.05) is 6.54 Å². The molecule has 0 bridgehead atoms. The van der Waals surface area contributed by atoms with Crippen molar-refractivity contribution < 1.29 is 9.59 Å². The van der Waals surface area contributed by atoms with Gasteiger partial charge in [0.2, 0.25) is 5.91 Å². The number of aryl methyl sites for hydroxylation is 1. The number of hydrogen-bond donors (Lipinski definition) is 2. The lowest BCUT2D eigenvalue weighted by Crippen LogP contribution is -2.30. The van der Waals surface area contributed by atoms with Gasteiger partial charge in [0.25, 0.3) is 11.5 Å². The van der Waals surface area contributed by atoms with Crippen molar-refractivity contribution in [2.45, 2.75) is 6.42 Å². The number of amides is 2. The van der Waals surface area contributed by atoms with Gasteiger partial charge in [0.05, 0.1) is 5.39 Å². The largest absolute Gasteiger partial charge is 0.366 e. The van der Waals surface area contributed by atoms with Gasteiger partial charge in [0.1, 0.15) is 0 Å². The molecule has 26 heavy (non-hydrogen) atoms. The van der Waals surface area contributed by atoms with Gasteiger partial charge in [-0.05, 0) is 30.2 Å². The highest BCUT2D eigenvalue weighted by Gasteiger charge is 2.15. The number of benzene rings is 2. The minimum atomic E-state index is -0.489. The van der Waals surface area contributed by atoms with Crippen LogP contribution < -0.4 is 16.6 Å². The van der Waals surface area contributed by atoms with Crippen molar-refractivity contribution in [1.29, 1.82) is 0 Å². The molecule has 0 saturated carbocycles. The van der Waals surface area contributed by atoms with Crippen LogP contribution in [0.1, 0.15) is 26.4 Å². The third-order valence-electron chi connectivity index (χ3n) is 4.08. The van der Waals surface area contributed by atoms with Crippen LogP contribution in [0.2, 0.25) is 0 Å². The zero-order chi connectivity index (χ0) is 18.7. The maximum Gasteiger partial charge on any atom is 0.274 e. The Hall–Kier alpha value is -3.48. The van der Waals surface area contributed by atoms with Gasteiger partial charge < -0.3 is 11.1 Å². The molecule has 0 fully saturated rings. The molecule has 1 aromatic heterocycles. The Kier molecular flexibility index (Phi) is 4.79. The number of carbonyl (C=O) groups excluding carboxylic acids is 2. The summed E-state index contributed by atoms with van der Waals surface area (Å²) in [5, 5.41) is 7.86. The van der Waals surface area contributed by atoms with Gasteiger partial charge >= 0.3 is 0 Å². The van der Waals surface area contributed by atoms with E-state index in [1.54, 1.807) is 42.5 Å². The Bertz CT molecular complexity index is 1060. The van der Waals surface area contributed by atoms with Crippen LogP contribution in [0.5, 0.6) is 0 Å². The average molecular weight is 350 g/mol. The molecule has 0 unspecified atom stereocenters. The van der Waals surface area contributed by atoms with Gasteiger partial charge in [-0.15, -0.1) is 0 Å². The van der Waals surface area contributed by atoms with Crippen LogP contribution in [-0.2, 0) is 13.5 Å². The molecule has 7 heteroatoms. The van der Waals surface area contributed by atoms with E-state index in [1.165, 1.54) is 7.05 Å². The molecule has 0 atom stereocenters. The van der Waals surface area contributed by atoms with Crippen molar-refractivity contribution in [1.82, 2.24) is 15.1 Å². The number of carbonyl (C=O) groups is 2. The standard InChI is InChI=1S/C19H18N4O3/c1-23-19(26)15-8-3-2-7-14(15)16(22-23)18(25)21-10-9-12-5-4-6-13(11-12)17(20)24/h2-8,11H,9-10H2,1H3,(H2,20,24)(H,21,25). The second-order valence-corrected chi connectivity index (χ2v) is 5.89.